The maximum Gasteiger partial charge on any atom is 0.226 e. The molecule has 3 aromatic rings. The molecule has 2 N–H and O–H groups in total. The van der Waals surface area contributed by atoms with Crippen LogP contribution >= 0.6 is 0 Å². The number of anilines is 1. The van der Waals surface area contributed by atoms with Crippen LogP contribution in [0.5, 0.6) is 23.0 Å². The molecule has 2 aliphatic rings. The van der Waals surface area contributed by atoms with E-state index in [1.807, 2.05) is 24.3 Å². The lowest BCUT2D eigenvalue weighted by Crippen LogP contribution is -2.33. The number of hydrogen-bond donors (Lipinski definition) is 2. The Kier molecular flexibility index (Phi) is 5.16. The molecule has 5 rings (SSSR count). The number of benzene rings is 2. The Balaban J connectivity index is 1.56. The Morgan fingerprint density at radius 2 is 1.70 bits per heavy atom. The molecule has 9 heteroatoms. The van der Waals surface area contributed by atoms with Crippen LogP contribution in [0.15, 0.2) is 54.0 Å². The predicted octanol–water partition coefficient (Wildman–Crippen LogP) is 3.43. The fraction of sp³-hybridized carbons (Fsp3) is 0.292. The number of rotatable bonds is 5. The number of phenols is 1. The van der Waals surface area contributed by atoms with E-state index in [9.17, 15) is 9.90 Å². The van der Waals surface area contributed by atoms with Gasteiger partial charge >= 0.3 is 0 Å². The van der Waals surface area contributed by atoms with Crippen molar-refractivity contribution < 1.29 is 24.1 Å². The molecular formula is C24H24N4O5. The number of carbonyl (C=O) groups is 1. The van der Waals surface area contributed by atoms with Gasteiger partial charge in [0.2, 0.25) is 5.95 Å². The van der Waals surface area contributed by atoms with Crippen molar-refractivity contribution in [2.45, 2.75) is 24.8 Å². The Hall–Kier alpha value is -4.01. The molecule has 1 aliphatic carbocycles. The van der Waals surface area contributed by atoms with Gasteiger partial charge in [0.1, 0.15) is 12.4 Å². The molecular weight excluding hydrogens is 424 g/mol. The summed E-state index contributed by atoms with van der Waals surface area (Å²) in [6, 6.07) is 10.4. The van der Waals surface area contributed by atoms with Crippen LogP contribution in [-0.2, 0) is 4.79 Å². The molecule has 170 valence electrons. The summed E-state index contributed by atoms with van der Waals surface area (Å²) >= 11 is 0. The van der Waals surface area contributed by atoms with Gasteiger partial charge in [0.15, 0.2) is 28.8 Å². The summed E-state index contributed by atoms with van der Waals surface area (Å²) in [5.41, 5.74) is 3.17. The number of carbonyl (C=O) groups excluding carboxylic acids is 1. The molecule has 9 nitrogen and oxygen atoms in total. The van der Waals surface area contributed by atoms with E-state index in [1.165, 1.54) is 13.4 Å². The second-order valence-electron chi connectivity index (χ2n) is 8.02. The van der Waals surface area contributed by atoms with Crippen LogP contribution in [0.1, 0.15) is 35.9 Å². The fourth-order valence-corrected chi connectivity index (χ4v) is 4.68. The fourth-order valence-electron chi connectivity index (χ4n) is 4.68. The highest BCUT2D eigenvalue weighted by atomic mass is 16.5. The molecule has 2 aromatic carbocycles. The predicted molar refractivity (Wildman–Crippen MR) is 120 cm³/mol. The second kappa shape index (κ2) is 8.16. The lowest BCUT2D eigenvalue weighted by Gasteiger charge is -2.35. The van der Waals surface area contributed by atoms with Crippen LogP contribution in [0.2, 0.25) is 0 Å². The molecule has 33 heavy (non-hydrogen) atoms. The van der Waals surface area contributed by atoms with E-state index >= 15 is 0 Å². The zero-order valence-corrected chi connectivity index (χ0v) is 18.5. The number of hydrogen-bond acceptors (Lipinski definition) is 8. The lowest BCUT2D eigenvalue weighted by molar-refractivity contribution is -0.116. The molecule has 0 radical (unpaired) electrons. The molecule has 2 atom stereocenters. The van der Waals surface area contributed by atoms with Crippen molar-refractivity contribution in [3.8, 4) is 23.0 Å². The van der Waals surface area contributed by atoms with E-state index in [2.05, 4.69) is 15.4 Å². The Morgan fingerprint density at radius 1 is 0.970 bits per heavy atom. The summed E-state index contributed by atoms with van der Waals surface area (Å²) < 4.78 is 17.6. The van der Waals surface area contributed by atoms with Gasteiger partial charge in [-0.2, -0.15) is 10.1 Å². The van der Waals surface area contributed by atoms with Crippen molar-refractivity contribution >= 4 is 11.7 Å². The van der Waals surface area contributed by atoms with Crippen LogP contribution in [0.4, 0.5) is 5.95 Å². The molecule has 1 aromatic heterocycles. The zero-order chi connectivity index (χ0) is 23.1. The highest BCUT2D eigenvalue weighted by molar-refractivity contribution is 6.00. The van der Waals surface area contributed by atoms with Crippen LogP contribution in [-0.4, -0.2) is 47.0 Å². The van der Waals surface area contributed by atoms with Gasteiger partial charge in [-0.05, 0) is 47.7 Å². The monoisotopic (exact) mass is 448 g/mol. The number of nitrogens with one attached hydrogen (secondary N) is 1. The zero-order valence-electron chi connectivity index (χ0n) is 18.5. The third-order valence-electron chi connectivity index (χ3n) is 6.26. The van der Waals surface area contributed by atoms with Crippen LogP contribution in [0, 0.1) is 0 Å². The first-order valence-electron chi connectivity index (χ1n) is 10.6. The van der Waals surface area contributed by atoms with Gasteiger partial charge in [-0.1, -0.05) is 12.1 Å². The number of Topliss-reactive ketones (excluding diaryl/α,β-unsaturated/α-hetero) is 1. The number of aromatic hydroxyl groups is 1. The smallest absolute Gasteiger partial charge is 0.226 e. The highest BCUT2D eigenvalue weighted by Gasteiger charge is 2.39. The van der Waals surface area contributed by atoms with Crippen LogP contribution in [0.3, 0.4) is 0 Å². The van der Waals surface area contributed by atoms with Crippen molar-refractivity contribution in [3.63, 3.8) is 0 Å². The largest absolute Gasteiger partial charge is 0.504 e. The van der Waals surface area contributed by atoms with E-state index in [1.54, 1.807) is 31.0 Å². The Morgan fingerprint density at radius 3 is 2.42 bits per heavy atom. The summed E-state index contributed by atoms with van der Waals surface area (Å²) in [6.07, 6.45) is 2.42. The third kappa shape index (κ3) is 3.45. The quantitative estimate of drug-likeness (QED) is 0.611. The molecule has 0 saturated carbocycles. The number of phenolic OH excluding ortho intramolecular Hbond substituents is 1. The Bertz CT molecular complexity index is 1270. The van der Waals surface area contributed by atoms with Crippen molar-refractivity contribution in [1.29, 1.82) is 0 Å². The number of aromatic nitrogens is 3. The van der Waals surface area contributed by atoms with E-state index in [-0.39, 0.29) is 17.5 Å². The average molecular weight is 448 g/mol. The maximum absolute atomic E-state index is 13.5. The van der Waals surface area contributed by atoms with E-state index in [4.69, 9.17) is 14.2 Å². The first kappa shape index (κ1) is 20.9. The summed E-state index contributed by atoms with van der Waals surface area (Å²) in [4.78, 5) is 17.8. The number of methoxy groups -OCH3 is 3. The molecule has 0 bridgehead atoms. The second-order valence-corrected chi connectivity index (χ2v) is 8.02. The van der Waals surface area contributed by atoms with Crippen molar-refractivity contribution in [2.75, 3.05) is 26.6 Å². The number of fused-ring (bicyclic) bond motifs is 1. The van der Waals surface area contributed by atoms with E-state index in [0.29, 0.717) is 41.6 Å². The van der Waals surface area contributed by atoms with E-state index in [0.717, 1.165) is 16.8 Å². The maximum atomic E-state index is 13.5. The molecule has 2 unspecified atom stereocenters. The third-order valence-corrected chi connectivity index (χ3v) is 6.26. The topological polar surface area (TPSA) is 108 Å². The molecule has 0 saturated heterocycles. The first-order chi connectivity index (χ1) is 16.0. The van der Waals surface area contributed by atoms with Gasteiger partial charge in [0.05, 0.1) is 21.3 Å². The molecule has 0 amide bonds. The molecule has 0 spiro atoms. The average Bonchev–Trinajstić information content (AvgIpc) is 3.30. The normalized spacial score (nSPS) is 19.4. The van der Waals surface area contributed by atoms with Gasteiger partial charge in [0, 0.05) is 17.7 Å². The van der Waals surface area contributed by atoms with Crippen molar-refractivity contribution in [1.82, 2.24) is 14.8 Å². The van der Waals surface area contributed by atoms with Crippen LogP contribution in [0.25, 0.3) is 0 Å². The number of nitrogens with zero attached hydrogens (tertiary/aromatic N) is 3. The SMILES string of the molecule is COc1ccc(C2C3=C(CC(c4ccc(OC)c(OC)c4)CC3=O)Nc3ncnn32)cc1O. The summed E-state index contributed by atoms with van der Waals surface area (Å²) in [6.45, 7) is 0. The number of allylic oxidation sites excluding steroid dienone is 2. The lowest BCUT2D eigenvalue weighted by atomic mass is 9.78. The Labute approximate surface area is 190 Å². The van der Waals surface area contributed by atoms with Gasteiger partial charge in [-0.3, -0.25) is 4.79 Å². The summed E-state index contributed by atoms with van der Waals surface area (Å²) in [5.74, 6) is 2.19. The van der Waals surface area contributed by atoms with Crippen LogP contribution < -0.4 is 19.5 Å². The van der Waals surface area contributed by atoms with Gasteiger partial charge in [-0.25, -0.2) is 4.68 Å². The van der Waals surface area contributed by atoms with Gasteiger partial charge in [-0.15, -0.1) is 0 Å². The van der Waals surface area contributed by atoms with Crippen molar-refractivity contribution in [3.05, 3.63) is 65.1 Å². The highest BCUT2D eigenvalue weighted by Crippen LogP contribution is 2.45. The van der Waals surface area contributed by atoms with E-state index < -0.39 is 6.04 Å². The van der Waals surface area contributed by atoms with Crippen molar-refractivity contribution in [2.24, 2.45) is 0 Å². The first-order valence-corrected chi connectivity index (χ1v) is 10.6. The van der Waals surface area contributed by atoms with Gasteiger partial charge < -0.3 is 24.6 Å². The summed E-state index contributed by atoms with van der Waals surface area (Å²) in [7, 11) is 4.69. The minimum absolute atomic E-state index is 0.00353. The number of ether oxygens (including phenoxy) is 3. The standard InChI is InChI=1S/C24H24N4O5/c1-31-19-6-5-14(9-17(19)29)23-22-16(27-24-25-12-26-28(23)24)8-15(10-18(22)30)13-4-7-20(32-2)21(11-13)33-3/h4-7,9,11-12,15,23,29H,8,10H2,1-3H3,(H,25,26,27). The minimum atomic E-state index is -0.491. The van der Waals surface area contributed by atoms with Gasteiger partial charge in [0.25, 0.3) is 0 Å². The molecule has 1 aliphatic heterocycles. The minimum Gasteiger partial charge on any atom is -0.504 e. The molecule has 0 fully saturated rings. The molecule has 2 heterocycles. The summed E-state index contributed by atoms with van der Waals surface area (Å²) in [5, 5.41) is 18.0. The number of ketones is 1.